The zero-order valence-electron chi connectivity index (χ0n) is 9.31. The topological polar surface area (TPSA) is 26.0 Å². The molecule has 1 fully saturated rings. The second-order valence-corrected chi connectivity index (χ2v) is 4.81. The largest absolute Gasteiger partial charge is 0.330 e. The highest BCUT2D eigenvalue weighted by Gasteiger charge is 2.32. The standard InChI is InChI=1S/C12H25N/c1-3-7-12(10-13)8-5-11(4-2)6-9-12/h11H,3-10,13H2,1-2H3. The second kappa shape index (κ2) is 4.99. The van der Waals surface area contributed by atoms with E-state index in [4.69, 9.17) is 5.73 Å². The molecule has 0 amide bonds. The Kier molecular flexibility index (Phi) is 4.24. The van der Waals surface area contributed by atoms with Crippen LogP contribution in [-0.4, -0.2) is 6.54 Å². The van der Waals surface area contributed by atoms with Crippen molar-refractivity contribution in [1.29, 1.82) is 0 Å². The summed E-state index contributed by atoms with van der Waals surface area (Å²) in [5, 5.41) is 0. The van der Waals surface area contributed by atoms with Gasteiger partial charge in [-0.3, -0.25) is 0 Å². The molecular weight excluding hydrogens is 158 g/mol. The molecule has 0 aromatic rings. The minimum Gasteiger partial charge on any atom is -0.330 e. The lowest BCUT2D eigenvalue weighted by Gasteiger charge is -2.39. The molecule has 0 aromatic carbocycles. The van der Waals surface area contributed by atoms with Gasteiger partial charge in [0.15, 0.2) is 0 Å². The molecule has 0 unspecified atom stereocenters. The van der Waals surface area contributed by atoms with Gasteiger partial charge in [0.05, 0.1) is 0 Å². The van der Waals surface area contributed by atoms with Gasteiger partial charge in [0.1, 0.15) is 0 Å². The molecule has 0 spiro atoms. The third-order valence-corrected chi connectivity index (χ3v) is 3.96. The van der Waals surface area contributed by atoms with Crippen molar-refractivity contribution < 1.29 is 0 Å². The fraction of sp³-hybridized carbons (Fsp3) is 1.00. The molecule has 1 nitrogen and oxygen atoms in total. The summed E-state index contributed by atoms with van der Waals surface area (Å²) in [6, 6.07) is 0. The first-order chi connectivity index (χ1) is 6.26. The van der Waals surface area contributed by atoms with E-state index in [1.54, 1.807) is 0 Å². The van der Waals surface area contributed by atoms with Gasteiger partial charge in [-0.2, -0.15) is 0 Å². The maximum atomic E-state index is 5.91. The van der Waals surface area contributed by atoms with E-state index in [9.17, 15) is 0 Å². The van der Waals surface area contributed by atoms with E-state index >= 15 is 0 Å². The summed E-state index contributed by atoms with van der Waals surface area (Å²) < 4.78 is 0. The molecule has 0 saturated heterocycles. The first-order valence-corrected chi connectivity index (χ1v) is 5.96. The monoisotopic (exact) mass is 183 g/mol. The second-order valence-electron chi connectivity index (χ2n) is 4.81. The molecule has 2 N–H and O–H groups in total. The van der Waals surface area contributed by atoms with Crippen LogP contribution in [-0.2, 0) is 0 Å². The molecule has 1 rings (SSSR count). The highest BCUT2D eigenvalue weighted by atomic mass is 14.6. The molecule has 0 atom stereocenters. The molecule has 1 saturated carbocycles. The lowest BCUT2D eigenvalue weighted by molar-refractivity contribution is 0.141. The van der Waals surface area contributed by atoms with Crippen molar-refractivity contribution in [2.75, 3.05) is 6.54 Å². The molecular formula is C12H25N. The molecule has 0 heterocycles. The quantitative estimate of drug-likeness (QED) is 0.711. The fourth-order valence-corrected chi connectivity index (χ4v) is 2.78. The average Bonchev–Trinajstić information content (AvgIpc) is 2.19. The summed E-state index contributed by atoms with van der Waals surface area (Å²) in [4.78, 5) is 0. The van der Waals surface area contributed by atoms with Crippen LogP contribution in [0, 0.1) is 11.3 Å². The van der Waals surface area contributed by atoms with Crippen LogP contribution >= 0.6 is 0 Å². The van der Waals surface area contributed by atoms with E-state index in [1.165, 1.54) is 44.9 Å². The van der Waals surface area contributed by atoms with Gasteiger partial charge in [-0.25, -0.2) is 0 Å². The van der Waals surface area contributed by atoms with Crippen LogP contribution < -0.4 is 5.73 Å². The molecule has 13 heavy (non-hydrogen) atoms. The van der Waals surface area contributed by atoms with E-state index in [2.05, 4.69) is 13.8 Å². The van der Waals surface area contributed by atoms with Crippen LogP contribution in [0.4, 0.5) is 0 Å². The predicted octanol–water partition coefficient (Wildman–Crippen LogP) is 3.33. The summed E-state index contributed by atoms with van der Waals surface area (Å²) in [5.74, 6) is 0.997. The van der Waals surface area contributed by atoms with Crippen molar-refractivity contribution in [2.24, 2.45) is 17.1 Å². The third-order valence-electron chi connectivity index (χ3n) is 3.96. The highest BCUT2D eigenvalue weighted by molar-refractivity contribution is 4.85. The Morgan fingerprint density at radius 1 is 1.23 bits per heavy atom. The molecule has 1 heteroatoms. The Hall–Kier alpha value is -0.0400. The summed E-state index contributed by atoms with van der Waals surface area (Å²) in [6.45, 7) is 5.51. The molecule has 0 aliphatic heterocycles. The van der Waals surface area contributed by atoms with Gasteiger partial charge in [0.2, 0.25) is 0 Å². The van der Waals surface area contributed by atoms with Gasteiger partial charge < -0.3 is 5.73 Å². The fourth-order valence-electron chi connectivity index (χ4n) is 2.78. The molecule has 0 bridgehead atoms. The average molecular weight is 183 g/mol. The Labute approximate surface area is 83.1 Å². The first kappa shape index (κ1) is 11.0. The normalized spacial score (nSPS) is 34.8. The Balaban J connectivity index is 2.42. The van der Waals surface area contributed by atoms with Crippen molar-refractivity contribution in [3.63, 3.8) is 0 Å². The molecule has 78 valence electrons. The lowest BCUT2D eigenvalue weighted by atomic mass is 9.68. The van der Waals surface area contributed by atoms with E-state index in [-0.39, 0.29) is 0 Å². The van der Waals surface area contributed by atoms with Crippen molar-refractivity contribution in [3.05, 3.63) is 0 Å². The minimum atomic E-state index is 0.528. The molecule has 1 aliphatic carbocycles. The zero-order valence-corrected chi connectivity index (χ0v) is 9.31. The Morgan fingerprint density at radius 2 is 1.85 bits per heavy atom. The molecule has 1 aliphatic rings. The maximum absolute atomic E-state index is 5.91. The summed E-state index contributed by atoms with van der Waals surface area (Å²) >= 11 is 0. The van der Waals surface area contributed by atoms with Gasteiger partial charge in [-0.15, -0.1) is 0 Å². The lowest BCUT2D eigenvalue weighted by Crippen LogP contribution is -2.34. The maximum Gasteiger partial charge on any atom is -0.00205 e. The van der Waals surface area contributed by atoms with E-state index in [0.29, 0.717) is 5.41 Å². The van der Waals surface area contributed by atoms with Crippen LogP contribution in [0.2, 0.25) is 0 Å². The SMILES string of the molecule is CCCC1(CN)CCC(CC)CC1. The number of rotatable bonds is 4. The third kappa shape index (κ3) is 2.70. The van der Waals surface area contributed by atoms with Crippen LogP contribution in [0.5, 0.6) is 0 Å². The van der Waals surface area contributed by atoms with Gasteiger partial charge in [0.25, 0.3) is 0 Å². The smallest absolute Gasteiger partial charge is 0.00205 e. The zero-order chi connectivity index (χ0) is 9.73. The van der Waals surface area contributed by atoms with Crippen molar-refractivity contribution in [2.45, 2.75) is 58.8 Å². The van der Waals surface area contributed by atoms with E-state index in [0.717, 1.165) is 12.5 Å². The van der Waals surface area contributed by atoms with Crippen molar-refractivity contribution >= 4 is 0 Å². The van der Waals surface area contributed by atoms with Gasteiger partial charge >= 0.3 is 0 Å². The van der Waals surface area contributed by atoms with Crippen LogP contribution in [0.15, 0.2) is 0 Å². The minimum absolute atomic E-state index is 0.528. The van der Waals surface area contributed by atoms with Gasteiger partial charge in [-0.1, -0.05) is 26.7 Å². The van der Waals surface area contributed by atoms with Crippen LogP contribution in [0.1, 0.15) is 58.8 Å². The van der Waals surface area contributed by atoms with Crippen LogP contribution in [0.25, 0.3) is 0 Å². The van der Waals surface area contributed by atoms with Gasteiger partial charge in [-0.05, 0) is 50.0 Å². The number of hydrogen-bond acceptors (Lipinski definition) is 1. The molecule has 0 radical (unpaired) electrons. The first-order valence-electron chi connectivity index (χ1n) is 5.96. The number of nitrogens with two attached hydrogens (primary N) is 1. The van der Waals surface area contributed by atoms with E-state index < -0.39 is 0 Å². The summed E-state index contributed by atoms with van der Waals surface area (Å²) in [7, 11) is 0. The van der Waals surface area contributed by atoms with Crippen molar-refractivity contribution in [3.8, 4) is 0 Å². The highest BCUT2D eigenvalue weighted by Crippen LogP contribution is 2.42. The number of hydrogen-bond donors (Lipinski definition) is 1. The predicted molar refractivity (Wildman–Crippen MR) is 58.6 cm³/mol. The van der Waals surface area contributed by atoms with Crippen LogP contribution in [0.3, 0.4) is 0 Å². The molecule has 0 aromatic heterocycles. The summed E-state index contributed by atoms with van der Waals surface area (Å²) in [6.07, 6.45) is 9.63. The van der Waals surface area contributed by atoms with Gasteiger partial charge in [0, 0.05) is 0 Å². The Bertz CT molecular complexity index is 134. The summed E-state index contributed by atoms with van der Waals surface area (Å²) in [5.41, 5.74) is 6.44. The van der Waals surface area contributed by atoms with Crippen molar-refractivity contribution in [1.82, 2.24) is 0 Å². The van der Waals surface area contributed by atoms with E-state index in [1.807, 2.05) is 0 Å². The Morgan fingerprint density at radius 3 is 2.23 bits per heavy atom.